The number of benzene rings is 2. The zero-order valence-electron chi connectivity index (χ0n) is 20.2. The number of carbonyl (C=O) groups excluding carboxylic acids is 1. The number of thioether (sulfide) groups is 1. The van der Waals surface area contributed by atoms with E-state index in [1.807, 2.05) is 35.8 Å². The van der Waals surface area contributed by atoms with E-state index in [1.165, 1.54) is 41.4 Å². The maximum absolute atomic E-state index is 13.2. The van der Waals surface area contributed by atoms with Crippen LogP contribution < -0.4 is 5.32 Å². The van der Waals surface area contributed by atoms with Crippen LogP contribution in [0, 0.1) is 6.92 Å². The van der Waals surface area contributed by atoms with Gasteiger partial charge in [-0.05, 0) is 54.4 Å². The van der Waals surface area contributed by atoms with Crippen LogP contribution in [-0.4, -0.2) is 31.4 Å². The van der Waals surface area contributed by atoms with Crippen molar-refractivity contribution in [2.75, 3.05) is 11.1 Å². The van der Waals surface area contributed by atoms with Crippen molar-refractivity contribution < 1.29 is 22.4 Å². The molecule has 13 heteroatoms. The van der Waals surface area contributed by atoms with Gasteiger partial charge in [0.2, 0.25) is 11.7 Å². The van der Waals surface area contributed by atoms with Gasteiger partial charge in [0, 0.05) is 17.5 Å². The van der Waals surface area contributed by atoms with Crippen molar-refractivity contribution >= 4 is 45.7 Å². The van der Waals surface area contributed by atoms with Crippen molar-refractivity contribution in [3.63, 3.8) is 0 Å². The van der Waals surface area contributed by atoms with Gasteiger partial charge in [0.1, 0.15) is 0 Å². The number of alkyl halides is 3. The van der Waals surface area contributed by atoms with Crippen molar-refractivity contribution in [2.45, 2.75) is 24.7 Å². The van der Waals surface area contributed by atoms with Crippen LogP contribution in [0.15, 0.2) is 76.6 Å². The smallest absolute Gasteiger partial charge is 0.417 e. The molecule has 0 fully saturated rings. The lowest BCUT2D eigenvalue weighted by molar-refractivity contribution is -0.137. The number of hydrogen-bond acceptors (Lipinski definition) is 7. The molecule has 0 spiro atoms. The van der Waals surface area contributed by atoms with E-state index in [0.717, 1.165) is 17.3 Å². The average molecular weight is 590 g/mol. The Morgan fingerprint density at radius 1 is 1.15 bits per heavy atom. The topological polar surface area (TPSA) is 85.8 Å². The molecule has 200 valence electrons. The molecule has 0 saturated heterocycles. The van der Waals surface area contributed by atoms with Gasteiger partial charge in [0.05, 0.1) is 28.3 Å². The third kappa shape index (κ3) is 6.35. The normalized spacial score (nSPS) is 11.6. The zero-order valence-corrected chi connectivity index (χ0v) is 22.6. The fourth-order valence-corrected chi connectivity index (χ4v) is 5.60. The highest BCUT2D eigenvalue weighted by Crippen LogP contribution is 2.36. The highest BCUT2D eigenvalue weighted by molar-refractivity contribution is 7.99. The van der Waals surface area contributed by atoms with Crippen LogP contribution in [0.2, 0.25) is 5.02 Å². The van der Waals surface area contributed by atoms with Crippen molar-refractivity contribution in [2.24, 2.45) is 0 Å². The lowest BCUT2D eigenvalue weighted by Gasteiger charge is -2.10. The second-order valence-electron chi connectivity index (χ2n) is 8.42. The summed E-state index contributed by atoms with van der Waals surface area (Å²) in [6.07, 6.45) is -1.24. The molecular formula is C26H19ClF3N5O2S2. The van der Waals surface area contributed by atoms with Crippen molar-refractivity contribution in [1.29, 1.82) is 0 Å². The van der Waals surface area contributed by atoms with Gasteiger partial charge in [-0.2, -0.15) is 13.2 Å². The predicted octanol–water partition coefficient (Wildman–Crippen LogP) is 7.29. The number of aromatic nitrogens is 4. The van der Waals surface area contributed by atoms with E-state index >= 15 is 0 Å². The Bertz CT molecular complexity index is 1620. The minimum absolute atomic E-state index is 0.0309. The fraction of sp³-hybridized carbons (Fsp3) is 0.154. The van der Waals surface area contributed by atoms with Crippen LogP contribution in [0.1, 0.15) is 21.6 Å². The molecule has 1 amide bonds. The van der Waals surface area contributed by atoms with E-state index in [2.05, 4.69) is 20.5 Å². The van der Waals surface area contributed by atoms with Gasteiger partial charge in [-0.25, -0.2) is 4.98 Å². The Hall–Kier alpha value is -3.61. The van der Waals surface area contributed by atoms with Gasteiger partial charge in [0.25, 0.3) is 0 Å². The average Bonchev–Trinajstić information content (AvgIpc) is 3.64. The molecule has 1 N–H and O–H groups in total. The van der Waals surface area contributed by atoms with E-state index < -0.39 is 11.7 Å². The molecule has 39 heavy (non-hydrogen) atoms. The summed E-state index contributed by atoms with van der Waals surface area (Å²) in [5.74, 6) is 0.765. The van der Waals surface area contributed by atoms with Gasteiger partial charge in [-0.3, -0.25) is 9.36 Å². The molecule has 0 saturated carbocycles. The third-order valence-electron chi connectivity index (χ3n) is 5.48. The Morgan fingerprint density at radius 3 is 2.74 bits per heavy atom. The lowest BCUT2D eigenvalue weighted by Crippen LogP contribution is -2.14. The van der Waals surface area contributed by atoms with E-state index in [-0.39, 0.29) is 23.1 Å². The van der Waals surface area contributed by atoms with Gasteiger partial charge >= 0.3 is 6.18 Å². The second kappa shape index (κ2) is 11.2. The molecule has 2 aromatic carbocycles. The first kappa shape index (κ1) is 27.0. The highest BCUT2D eigenvalue weighted by Gasteiger charge is 2.33. The first-order chi connectivity index (χ1) is 18.7. The van der Waals surface area contributed by atoms with Gasteiger partial charge < -0.3 is 9.73 Å². The molecule has 0 atom stereocenters. The largest absolute Gasteiger partial charge is 0.461 e. The van der Waals surface area contributed by atoms with Crippen LogP contribution in [0.5, 0.6) is 0 Å². The maximum atomic E-state index is 13.2. The monoisotopic (exact) mass is 589 g/mol. The minimum atomic E-state index is -4.54. The van der Waals surface area contributed by atoms with Gasteiger partial charge in [-0.1, -0.05) is 41.6 Å². The van der Waals surface area contributed by atoms with Crippen molar-refractivity contribution in [3.8, 4) is 17.3 Å². The number of furan rings is 1. The molecule has 0 unspecified atom stereocenters. The minimum Gasteiger partial charge on any atom is -0.461 e. The quantitative estimate of drug-likeness (QED) is 0.191. The van der Waals surface area contributed by atoms with Crippen LogP contribution >= 0.6 is 34.7 Å². The summed E-state index contributed by atoms with van der Waals surface area (Å²) in [6.45, 7) is 1.98. The molecule has 5 aromatic rings. The number of amides is 1. The number of anilines is 1. The number of hydrogen-bond donors (Lipinski definition) is 1. The molecule has 0 aliphatic rings. The summed E-state index contributed by atoms with van der Waals surface area (Å²) in [7, 11) is 0. The maximum Gasteiger partial charge on any atom is 0.417 e. The Morgan fingerprint density at radius 2 is 2.00 bits per heavy atom. The van der Waals surface area contributed by atoms with Crippen molar-refractivity contribution in [1.82, 2.24) is 19.7 Å². The Balaban J connectivity index is 1.26. The molecule has 3 heterocycles. The van der Waals surface area contributed by atoms with Gasteiger partial charge in [0.15, 0.2) is 16.0 Å². The number of halogens is 4. The van der Waals surface area contributed by atoms with Crippen LogP contribution in [0.3, 0.4) is 0 Å². The lowest BCUT2D eigenvalue weighted by atomic mass is 10.1. The number of rotatable bonds is 8. The molecule has 0 aliphatic carbocycles. The van der Waals surface area contributed by atoms with Crippen LogP contribution in [-0.2, 0) is 17.4 Å². The summed E-state index contributed by atoms with van der Waals surface area (Å²) in [6, 6.07) is 15.1. The van der Waals surface area contributed by atoms with E-state index in [9.17, 15) is 18.0 Å². The first-order valence-corrected chi connectivity index (χ1v) is 13.6. The summed E-state index contributed by atoms with van der Waals surface area (Å²) in [4.78, 5) is 17.6. The molecular weight excluding hydrogens is 571 g/mol. The molecule has 7 nitrogen and oxygen atoms in total. The van der Waals surface area contributed by atoms with E-state index in [0.29, 0.717) is 32.3 Å². The molecule has 5 rings (SSSR count). The molecule has 3 aromatic heterocycles. The summed E-state index contributed by atoms with van der Waals surface area (Å²) in [5, 5.41) is 11.8. The third-order valence-corrected chi connectivity index (χ3v) is 7.65. The number of nitrogens with zero attached hydrogens (tertiary/aromatic N) is 4. The fourth-order valence-electron chi connectivity index (χ4n) is 3.76. The standard InChI is InChI=1S/C26H19ClF3N5O2S2/c1-15-4-2-5-17(10-15)35-23(21-6-3-9-37-21)33-34-25(35)38-14-22(36)32-24-31-13-18(39-24)11-16-7-8-20(27)19(12-16)26(28,29)30/h2-10,12-13H,11,14H2,1H3,(H,31,32,36). The van der Waals surface area contributed by atoms with Crippen LogP contribution in [0.4, 0.5) is 18.3 Å². The molecule has 0 bridgehead atoms. The SMILES string of the molecule is Cc1cccc(-n2c(SCC(=O)Nc3ncc(Cc4ccc(Cl)c(C(F)(F)F)c4)s3)nnc2-c2ccco2)c1. The number of thiazole rings is 1. The second-order valence-corrected chi connectivity index (χ2v) is 10.9. The zero-order chi connectivity index (χ0) is 27.6. The molecule has 0 radical (unpaired) electrons. The predicted molar refractivity (Wildman–Crippen MR) is 145 cm³/mol. The summed E-state index contributed by atoms with van der Waals surface area (Å²) >= 11 is 8.09. The number of aryl methyl sites for hydroxylation is 1. The summed E-state index contributed by atoms with van der Waals surface area (Å²) < 4.78 is 46.8. The van der Waals surface area contributed by atoms with Crippen LogP contribution in [0.25, 0.3) is 17.3 Å². The first-order valence-electron chi connectivity index (χ1n) is 11.5. The Labute approximate surface area is 234 Å². The number of carbonyl (C=O) groups is 1. The van der Waals surface area contributed by atoms with Gasteiger partial charge in [-0.15, -0.1) is 21.5 Å². The summed E-state index contributed by atoms with van der Waals surface area (Å²) in [5.41, 5.74) is 1.43. The van der Waals surface area contributed by atoms with Crippen molar-refractivity contribution in [3.05, 3.63) is 93.6 Å². The Kier molecular flexibility index (Phi) is 7.78. The molecule has 0 aliphatic heterocycles. The highest BCUT2D eigenvalue weighted by atomic mass is 35.5. The van der Waals surface area contributed by atoms with E-state index in [4.69, 9.17) is 16.0 Å². The number of nitrogens with one attached hydrogen (secondary N) is 1. The van der Waals surface area contributed by atoms with E-state index in [1.54, 1.807) is 18.4 Å².